The molecule has 0 unspecified atom stereocenters. The second kappa shape index (κ2) is 5.42. The molecule has 0 radical (unpaired) electrons. The van der Waals surface area contributed by atoms with Crippen molar-refractivity contribution in [1.29, 1.82) is 0 Å². The van der Waals surface area contributed by atoms with Gasteiger partial charge in [0.15, 0.2) is 5.82 Å². The molecule has 0 bridgehead atoms. The lowest BCUT2D eigenvalue weighted by Crippen LogP contribution is -2.01. The van der Waals surface area contributed by atoms with Crippen molar-refractivity contribution in [2.45, 2.75) is 6.54 Å². The van der Waals surface area contributed by atoms with Crippen molar-refractivity contribution in [1.82, 2.24) is 14.8 Å². The van der Waals surface area contributed by atoms with Gasteiger partial charge in [-0.25, -0.2) is 9.67 Å². The van der Waals surface area contributed by atoms with Gasteiger partial charge in [0.25, 0.3) is 0 Å². The Balaban J connectivity index is 1.66. The van der Waals surface area contributed by atoms with Crippen molar-refractivity contribution >= 4 is 28.6 Å². The molecule has 0 saturated carbocycles. The van der Waals surface area contributed by atoms with Crippen LogP contribution >= 0.6 is 22.9 Å². The summed E-state index contributed by atoms with van der Waals surface area (Å²) in [6, 6.07) is 9.71. The molecule has 3 heterocycles. The predicted octanol–water partition coefficient (Wildman–Crippen LogP) is 3.59. The van der Waals surface area contributed by atoms with Crippen LogP contribution in [0.3, 0.4) is 0 Å². The number of halogens is 1. The first kappa shape index (κ1) is 12.2. The molecular weight excluding hydrogens is 280 g/mol. The molecule has 0 aromatic carbocycles. The highest BCUT2D eigenvalue weighted by Gasteiger charge is 2.00. The van der Waals surface area contributed by atoms with Gasteiger partial charge >= 0.3 is 0 Å². The standard InChI is InChI=1S/C13H11ClN4S/c14-12-4-3-11(19-12)9-15-10-2-5-13(16-8-10)18-7-1-6-17-18/h1-8,15H,9H2. The highest BCUT2D eigenvalue weighted by atomic mass is 35.5. The highest BCUT2D eigenvalue weighted by Crippen LogP contribution is 2.22. The Morgan fingerprint density at radius 2 is 2.21 bits per heavy atom. The lowest BCUT2D eigenvalue weighted by atomic mass is 10.4. The Morgan fingerprint density at radius 1 is 1.26 bits per heavy atom. The number of nitrogens with one attached hydrogen (secondary N) is 1. The van der Waals surface area contributed by atoms with Crippen molar-refractivity contribution in [3.05, 3.63) is 58.1 Å². The summed E-state index contributed by atoms with van der Waals surface area (Å²) in [7, 11) is 0. The Bertz CT molecular complexity index is 646. The van der Waals surface area contributed by atoms with Crippen LogP contribution in [0, 0.1) is 0 Å². The van der Waals surface area contributed by atoms with Crippen LogP contribution in [0.1, 0.15) is 4.88 Å². The lowest BCUT2D eigenvalue weighted by molar-refractivity contribution is 0.847. The van der Waals surface area contributed by atoms with E-state index in [9.17, 15) is 0 Å². The van der Waals surface area contributed by atoms with Crippen molar-refractivity contribution in [2.24, 2.45) is 0 Å². The minimum absolute atomic E-state index is 0.750. The van der Waals surface area contributed by atoms with E-state index in [-0.39, 0.29) is 0 Å². The monoisotopic (exact) mass is 290 g/mol. The Morgan fingerprint density at radius 3 is 2.84 bits per heavy atom. The summed E-state index contributed by atoms with van der Waals surface area (Å²) in [6.07, 6.45) is 5.39. The smallest absolute Gasteiger partial charge is 0.153 e. The van der Waals surface area contributed by atoms with E-state index in [0.717, 1.165) is 22.4 Å². The summed E-state index contributed by atoms with van der Waals surface area (Å²) in [5, 5.41) is 7.44. The number of pyridine rings is 1. The van der Waals surface area contributed by atoms with Gasteiger partial charge in [0.2, 0.25) is 0 Å². The van der Waals surface area contributed by atoms with E-state index in [0.29, 0.717) is 0 Å². The fourth-order valence-corrected chi connectivity index (χ4v) is 2.69. The van der Waals surface area contributed by atoms with E-state index in [1.165, 1.54) is 4.88 Å². The van der Waals surface area contributed by atoms with Crippen molar-refractivity contribution in [3.63, 3.8) is 0 Å². The SMILES string of the molecule is Clc1ccc(CNc2ccc(-n3cccn3)nc2)s1. The fourth-order valence-electron chi connectivity index (χ4n) is 1.67. The van der Waals surface area contributed by atoms with Gasteiger partial charge in [-0.3, -0.25) is 0 Å². The molecule has 96 valence electrons. The van der Waals surface area contributed by atoms with Crippen LogP contribution in [0.5, 0.6) is 0 Å². The number of hydrogen-bond donors (Lipinski definition) is 1. The first-order valence-corrected chi connectivity index (χ1v) is 6.95. The van der Waals surface area contributed by atoms with Crippen LogP contribution in [0.15, 0.2) is 48.9 Å². The van der Waals surface area contributed by atoms with Gasteiger partial charge in [0, 0.05) is 23.8 Å². The zero-order valence-corrected chi connectivity index (χ0v) is 11.5. The molecule has 19 heavy (non-hydrogen) atoms. The molecule has 0 aliphatic heterocycles. The molecule has 3 rings (SSSR count). The van der Waals surface area contributed by atoms with E-state index in [1.807, 2.05) is 36.5 Å². The van der Waals surface area contributed by atoms with Gasteiger partial charge in [0.1, 0.15) is 0 Å². The third-order valence-corrected chi connectivity index (χ3v) is 3.81. The summed E-state index contributed by atoms with van der Waals surface area (Å²) >= 11 is 7.47. The molecule has 0 saturated heterocycles. The minimum Gasteiger partial charge on any atom is -0.379 e. The van der Waals surface area contributed by atoms with Crippen molar-refractivity contribution < 1.29 is 0 Å². The molecule has 0 fully saturated rings. The van der Waals surface area contributed by atoms with E-state index in [2.05, 4.69) is 15.4 Å². The molecule has 3 aromatic rings. The maximum Gasteiger partial charge on any atom is 0.153 e. The molecule has 0 atom stereocenters. The summed E-state index contributed by atoms with van der Waals surface area (Å²) < 4.78 is 2.53. The van der Waals surface area contributed by atoms with E-state index in [4.69, 9.17) is 11.6 Å². The van der Waals surface area contributed by atoms with Crippen LogP contribution in [0.2, 0.25) is 4.34 Å². The molecule has 0 spiro atoms. The first-order chi connectivity index (χ1) is 9.31. The van der Waals surface area contributed by atoms with Crippen LogP contribution in [0.25, 0.3) is 5.82 Å². The largest absolute Gasteiger partial charge is 0.379 e. The molecular formula is C13H11ClN4S. The van der Waals surface area contributed by atoms with Crippen LogP contribution < -0.4 is 5.32 Å². The van der Waals surface area contributed by atoms with Gasteiger partial charge in [-0.05, 0) is 30.3 Å². The molecule has 1 N–H and O–H groups in total. The predicted molar refractivity (Wildman–Crippen MR) is 78.0 cm³/mol. The van der Waals surface area contributed by atoms with Crippen LogP contribution in [0.4, 0.5) is 5.69 Å². The van der Waals surface area contributed by atoms with Gasteiger partial charge in [-0.2, -0.15) is 5.10 Å². The first-order valence-electron chi connectivity index (χ1n) is 5.75. The third kappa shape index (κ3) is 2.94. The van der Waals surface area contributed by atoms with Crippen molar-refractivity contribution in [2.75, 3.05) is 5.32 Å². The van der Waals surface area contributed by atoms with Crippen LogP contribution in [-0.2, 0) is 6.54 Å². The molecule has 0 aliphatic rings. The zero-order valence-electron chi connectivity index (χ0n) is 9.95. The number of hydrogen-bond acceptors (Lipinski definition) is 4. The van der Waals surface area contributed by atoms with E-state index >= 15 is 0 Å². The number of rotatable bonds is 4. The average molecular weight is 291 g/mol. The normalized spacial score (nSPS) is 10.6. The van der Waals surface area contributed by atoms with Crippen LogP contribution in [-0.4, -0.2) is 14.8 Å². The minimum atomic E-state index is 0.750. The average Bonchev–Trinajstić information content (AvgIpc) is 3.08. The number of thiophene rings is 1. The Kier molecular flexibility index (Phi) is 3.48. The summed E-state index contributed by atoms with van der Waals surface area (Å²) in [6.45, 7) is 0.750. The molecule has 3 aromatic heterocycles. The Labute approximate surface area is 119 Å². The fraction of sp³-hybridized carbons (Fsp3) is 0.0769. The lowest BCUT2D eigenvalue weighted by Gasteiger charge is -2.05. The summed E-state index contributed by atoms with van der Waals surface area (Å²) in [5.41, 5.74) is 0.973. The maximum atomic E-state index is 5.89. The summed E-state index contributed by atoms with van der Waals surface area (Å²) in [4.78, 5) is 5.55. The highest BCUT2D eigenvalue weighted by molar-refractivity contribution is 7.16. The zero-order chi connectivity index (χ0) is 13.1. The second-order valence-electron chi connectivity index (χ2n) is 3.92. The third-order valence-electron chi connectivity index (χ3n) is 2.58. The number of anilines is 1. The van der Waals surface area contributed by atoms with Gasteiger partial charge < -0.3 is 5.32 Å². The second-order valence-corrected chi connectivity index (χ2v) is 5.71. The van der Waals surface area contributed by atoms with Gasteiger partial charge in [0.05, 0.1) is 16.2 Å². The molecule has 6 heteroatoms. The van der Waals surface area contributed by atoms with Gasteiger partial charge in [-0.1, -0.05) is 11.6 Å². The molecule has 4 nitrogen and oxygen atoms in total. The van der Waals surface area contributed by atoms with Crippen molar-refractivity contribution in [3.8, 4) is 5.82 Å². The topological polar surface area (TPSA) is 42.7 Å². The molecule has 0 aliphatic carbocycles. The Hall–Kier alpha value is -1.85. The van der Waals surface area contributed by atoms with E-state index < -0.39 is 0 Å². The summed E-state index contributed by atoms with van der Waals surface area (Å²) in [5.74, 6) is 0.801. The number of nitrogens with zero attached hydrogens (tertiary/aromatic N) is 3. The maximum absolute atomic E-state index is 5.89. The van der Waals surface area contributed by atoms with E-state index in [1.54, 1.807) is 28.4 Å². The van der Waals surface area contributed by atoms with Gasteiger partial charge in [-0.15, -0.1) is 11.3 Å². The number of aromatic nitrogens is 3. The molecule has 0 amide bonds. The quantitative estimate of drug-likeness (QED) is 0.798.